The molecule has 3 nitrogen and oxygen atoms in total. The molecule has 0 N–H and O–H groups in total. The van der Waals surface area contributed by atoms with Crippen molar-refractivity contribution in [2.45, 2.75) is 26.2 Å². The number of benzene rings is 2. The zero-order chi connectivity index (χ0) is 15.7. The van der Waals surface area contributed by atoms with Gasteiger partial charge in [0.25, 0.3) is 0 Å². The van der Waals surface area contributed by atoms with Crippen molar-refractivity contribution in [2.75, 3.05) is 0 Å². The van der Waals surface area contributed by atoms with Crippen molar-refractivity contribution < 1.29 is 0 Å². The third-order valence-electron chi connectivity index (χ3n) is 3.55. The third-order valence-corrected chi connectivity index (χ3v) is 3.55. The van der Waals surface area contributed by atoms with Gasteiger partial charge < -0.3 is 0 Å². The summed E-state index contributed by atoms with van der Waals surface area (Å²) in [4.78, 5) is 13.1. The van der Waals surface area contributed by atoms with Gasteiger partial charge in [0.1, 0.15) is 0 Å². The second-order valence-electron chi connectivity index (χ2n) is 6.32. The molecule has 3 aromatic rings. The predicted molar refractivity (Wildman–Crippen MR) is 89.9 cm³/mol. The van der Waals surface area contributed by atoms with E-state index in [1.54, 1.807) is 0 Å². The summed E-state index contributed by atoms with van der Waals surface area (Å²) in [5.74, 6) is 0. The number of aromatic nitrogens is 2. The van der Waals surface area contributed by atoms with Crippen LogP contribution in [0.3, 0.4) is 0 Å². The van der Waals surface area contributed by atoms with E-state index in [2.05, 4.69) is 25.6 Å². The Bertz CT molecular complexity index is 866. The maximum atomic E-state index is 7.07. The minimum absolute atomic E-state index is 0.106. The lowest BCUT2D eigenvalue weighted by Gasteiger charge is -2.21. The van der Waals surface area contributed by atoms with E-state index in [1.807, 2.05) is 48.5 Å². The van der Waals surface area contributed by atoms with Crippen molar-refractivity contribution >= 4 is 16.7 Å². The molecule has 0 saturated heterocycles. The first kappa shape index (κ1) is 14.2. The van der Waals surface area contributed by atoms with Gasteiger partial charge in [-0.1, -0.05) is 57.2 Å². The summed E-state index contributed by atoms with van der Waals surface area (Å²) in [6.07, 6.45) is 0. The quantitative estimate of drug-likeness (QED) is 0.580. The summed E-state index contributed by atoms with van der Waals surface area (Å²) in [7, 11) is 0. The maximum absolute atomic E-state index is 7.07. The normalized spacial score (nSPS) is 11.4. The van der Waals surface area contributed by atoms with Crippen molar-refractivity contribution in [3.63, 3.8) is 0 Å². The average molecular weight is 287 g/mol. The van der Waals surface area contributed by atoms with Crippen molar-refractivity contribution in [1.82, 2.24) is 9.97 Å². The Morgan fingerprint density at radius 2 is 1.45 bits per heavy atom. The second kappa shape index (κ2) is 5.23. The molecule has 1 heterocycles. The Balaban J connectivity index is 2.28. The molecule has 3 rings (SSSR count). The van der Waals surface area contributed by atoms with E-state index in [4.69, 9.17) is 16.5 Å². The molecule has 0 aliphatic rings. The van der Waals surface area contributed by atoms with Crippen molar-refractivity contribution in [1.29, 1.82) is 0 Å². The number of fused-ring (bicyclic) bond motifs is 1. The van der Waals surface area contributed by atoms with Crippen LogP contribution in [0.25, 0.3) is 27.1 Å². The number of para-hydroxylation sites is 2. The molecule has 0 unspecified atom stereocenters. The van der Waals surface area contributed by atoms with Gasteiger partial charge in [0.05, 0.1) is 29.0 Å². The number of nitrogens with zero attached hydrogens (tertiary/aromatic N) is 3. The minimum atomic E-state index is -0.106. The van der Waals surface area contributed by atoms with Crippen LogP contribution in [0.15, 0.2) is 48.5 Å². The molecule has 0 bridgehead atoms. The smallest absolute Gasteiger partial charge is 0.187 e. The summed E-state index contributed by atoms with van der Waals surface area (Å²) in [6.45, 7) is 13.5. The molecule has 1 aromatic heterocycles. The molecule has 3 heteroatoms. The second-order valence-corrected chi connectivity index (χ2v) is 6.32. The van der Waals surface area contributed by atoms with Crippen LogP contribution < -0.4 is 0 Å². The molecule has 0 saturated carbocycles. The summed E-state index contributed by atoms with van der Waals surface area (Å²) in [5.41, 5.74) is 5.19. The zero-order valence-corrected chi connectivity index (χ0v) is 13.0. The van der Waals surface area contributed by atoms with Crippen LogP contribution in [0.1, 0.15) is 26.5 Å². The lowest BCUT2D eigenvalue weighted by atomic mass is 9.88. The van der Waals surface area contributed by atoms with E-state index in [-0.39, 0.29) is 5.41 Å². The highest BCUT2D eigenvalue weighted by molar-refractivity contribution is 5.79. The lowest BCUT2D eigenvalue weighted by molar-refractivity contribution is 0.571. The van der Waals surface area contributed by atoms with Crippen LogP contribution in [-0.2, 0) is 5.41 Å². The van der Waals surface area contributed by atoms with Crippen molar-refractivity contribution in [2.24, 2.45) is 0 Å². The Hall–Kier alpha value is -2.73. The van der Waals surface area contributed by atoms with Gasteiger partial charge in [-0.2, -0.15) is 0 Å². The molecule has 2 aromatic carbocycles. The van der Waals surface area contributed by atoms with E-state index < -0.39 is 0 Å². The Kier molecular flexibility index (Phi) is 3.38. The molecular formula is C19H17N3. The highest BCUT2D eigenvalue weighted by Crippen LogP contribution is 2.32. The zero-order valence-electron chi connectivity index (χ0n) is 13.0. The SMILES string of the molecule is [C-]#[N+]c1ccc(-c2nc3ccccc3nc2C(C)(C)C)cc1. The molecule has 0 atom stereocenters. The van der Waals surface area contributed by atoms with E-state index in [0.717, 1.165) is 28.0 Å². The van der Waals surface area contributed by atoms with E-state index in [0.29, 0.717) is 5.69 Å². The number of hydrogen-bond donors (Lipinski definition) is 0. The van der Waals surface area contributed by atoms with Crippen LogP contribution in [0.4, 0.5) is 5.69 Å². The van der Waals surface area contributed by atoms with Crippen LogP contribution in [0, 0.1) is 6.57 Å². The first-order valence-electron chi connectivity index (χ1n) is 7.24. The van der Waals surface area contributed by atoms with Gasteiger partial charge in [0, 0.05) is 5.41 Å². The standard InChI is InChI=1S/C19H17N3/c1-19(2,3)18-17(13-9-11-14(20-4)12-10-13)21-15-7-5-6-8-16(15)22-18/h5-12H,1-3H3. The monoisotopic (exact) mass is 287 g/mol. The first-order valence-corrected chi connectivity index (χ1v) is 7.24. The Labute approximate surface area is 130 Å². The summed E-state index contributed by atoms with van der Waals surface area (Å²) in [5, 5.41) is 0. The molecular weight excluding hydrogens is 270 g/mol. The molecule has 108 valence electrons. The summed E-state index contributed by atoms with van der Waals surface area (Å²) in [6, 6.07) is 15.5. The largest absolute Gasteiger partial charge is 0.248 e. The molecule has 22 heavy (non-hydrogen) atoms. The van der Waals surface area contributed by atoms with Gasteiger partial charge in [0.2, 0.25) is 0 Å². The molecule has 0 spiro atoms. The van der Waals surface area contributed by atoms with E-state index in [1.165, 1.54) is 0 Å². The fourth-order valence-corrected chi connectivity index (χ4v) is 2.42. The minimum Gasteiger partial charge on any atom is -0.248 e. The van der Waals surface area contributed by atoms with Crippen LogP contribution in [0.2, 0.25) is 0 Å². The first-order chi connectivity index (χ1) is 10.5. The van der Waals surface area contributed by atoms with Gasteiger partial charge in [-0.25, -0.2) is 14.8 Å². The van der Waals surface area contributed by atoms with Gasteiger partial charge in [-0.3, -0.25) is 0 Å². The Morgan fingerprint density at radius 1 is 0.864 bits per heavy atom. The van der Waals surface area contributed by atoms with E-state index in [9.17, 15) is 0 Å². The fraction of sp³-hybridized carbons (Fsp3) is 0.211. The highest BCUT2D eigenvalue weighted by Gasteiger charge is 2.22. The third kappa shape index (κ3) is 2.56. The molecule has 0 radical (unpaired) electrons. The fourth-order valence-electron chi connectivity index (χ4n) is 2.42. The van der Waals surface area contributed by atoms with Gasteiger partial charge >= 0.3 is 0 Å². The van der Waals surface area contributed by atoms with Crippen LogP contribution in [0.5, 0.6) is 0 Å². The number of rotatable bonds is 1. The predicted octanol–water partition coefficient (Wildman–Crippen LogP) is 5.15. The van der Waals surface area contributed by atoms with Crippen molar-refractivity contribution in [3.8, 4) is 11.3 Å². The Morgan fingerprint density at radius 3 is 2.00 bits per heavy atom. The van der Waals surface area contributed by atoms with Crippen LogP contribution >= 0.6 is 0 Å². The van der Waals surface area contributed by atoms with Gasteiger partial charge in [-0.05, 0) is 17.7 Å². The number of hydrogen-bond acceptors (Lipinski definition) is 2. The molecule has 0 amide bonds. The summed E-state index contributed by atoms with van der Waals surface area (Å²) >= 11 is 0. The van der Waals surface area contributed by atoms with Gasteiger partial charge in [0.15, 0.2) is 5.69 Å². The lowest BCUT2D eigenvalue weighted by Crippen LogP contribution is -2.16. The summed E-state index contributed by atoms with van der Waals surface area (Å²) < 4.78 is 0. The van der Waals surface area contributed by atoms with Crippen LogP contribution in [-0.4, -0.2) is 9.97 Å². The van der Waals surface area contributed by atoms with Crippen molar-refractivity contribution in [3.05, 3.63) is 65.6 Å². The molecule has 0 fully saturated rings. The maximum Gasteiger partial charge on any atom is 0.187 e. The topological polar surface area (TPSA) is 30.1 Å². The van der Waals surface area contributed by atoms with E-state index >= 15 is 0 Å². The van der Waals surface area contributed by atoms with Gasteiger partial charge in [-0.15, -0.1) is 0 Å². The molecule has 0 aliphatic heterocycles. The molecule has 0 aliphatic carbocycles. The average Bonchev–Trinajstić information content (AvgIpc) is 2.53. The highest BCUT2D eigenvalue weighted by atomic mass is 14.8.